The molecule has 110 valence electrons. The van der Waals surface area contributed by atoms with Crippen molar-refractivity contribution in [1.82, 2.24) is 10.2 Å². The van der Waals surface area contributed by atoms with Gasteiger partial charge in [-0.3, -0.25) is 14.5 Å². The number of halogens is 1. The Balaban J connectivity index is 1.75. The fraction of sp³-hybridized carbons (Fsp3) is 0.357. The summed E-state index contributed by atoms with van der Waals surface area (Å²) in [5.74, 6) is 0.915. The molecule has 0 aromatic heterocycles. The highest BCUT2D eigenvalue weighted by Gasteiger charge is 2.53. The summed E-state index contributed by atoms with van der Waals surface area (Å²) in [7, 11) is 0. The highest BCUT2D eigenvalue weighted by atomic mass is 79.9. The van der Waals surface area contributed by atoms with E-state index >= 15 is 0 Å². The molecule has 1 N–H and O–H groups in total. The number of thioether (sulfide) groups is 1. The van der Waals surface area contributed by atoms with Crippen molar-refractivity contribution in [2.45, 2.75) is 12.0 Å². The number of Topliss-reactive ketones (excluding diaryl/α,β-unsaturated/α-hetero) is 1. The van der Waals surface area contributed by atoms with Gasteiger partial charge in [0.2, 0.25) is 0 Å². The van der Waals surface area contributed by atoms with Crippen molar-refractivity contribution in [3.8, 4) is 0 Å². The molecule has 5 nitrogen and oxygen atoms in total. The van der Waals surface area contributed by atoms with Crippen molar-refractivity contribution in [1.29, 1.82) is 0 Å². The molecule has 1 atom stereocenters. The number of hydrogen-bond donors (Lipinski definition) is 1. The molecule has 7 heteroatoms. The van der Waals surface area contributed by atoms with E-state index in [1.54, 1.807) is 36.0 Å². The van der Waals surface area contributed by atoms with Gasteiger partial charge < -0.3 is 5.32 Å². The van der Waals surface area contributed by atoms with Crippen molar-refractivity contribution >= 4 is 45.4 Å². The summed E-state index contributed by atoms with van der Waals surface area (Å²) >= 11 is 4.94. The maximum atomic E-state index is 12.4. The number of rotatable bonds is 3. The van der Waals surface area contributed by atoms with Gasteiger partial charge >= 0.3 is 6.03 Å². The summed E-state index contributed by atoms with van der Waals surface area (Å²) in [4.78, 5) is 37.7. The number of benzene rings is 1. The van der Waals surface area contributed by atoms with Gasteiger partial charge in [0.15, 0.2) is 5.78 Å². The second-order valence-corrected chi connectivity index (χ2v) is 7.16. The zero-order valence-corrected chi connectivity index (χ0v) is 13.5. The average Bonchev–Trinajstić information content (AvgIpc) is 3.01. The monoisotopic (exact) mass is 368 g/mol. The van der Waals surface area contributed by atoms with E-state index in [9.17, 15) is 14.4 Å². The van der Waals surface area contributed by atoms with Gasteiger partial charge in [-0.05, 0) is 24.3 Å². The van der Waals surface area contributed by atoms with Crippen LogP contribution in [0.15, 0.2) is 28.7 Å². The minimum absolute atomic E-state index is 0.210. The maximum Gasteiger partial charge on any atom is 0.325 e. The first-order valence-corrected chi connectivity index (χ1v) is 8.47. The average molecular weight is 369 g/mol. The Labute approximate surface area is 134 Å². The van der Waals surface area contributed by atoms with Crippen molar-refractivity contribution in [3.63, 3.8) is 0 Å². The van der Waals surface area contributed by atoms with Gasteiger partial charge in [-0.2, -0.15) is 11.8 Å². The van der Waals surface area contributed by atoms with Crippen LogP contribution in [0.5, 0.6) is 0 Å². The van der Waals surface area contributed by atoms with E-state index in [1.165, 1.54) is 0 Å². The number of urea groups is 1. The second-order valence-electron chi connectivity index (χ2n) is 5.14. The normalized spacial score (nSPS) is 24.7. The largest absolute Gasteiger partial charge is 0.325 e. The Morgan fingerprint density at radius 1 is 1.33 bits per heavy atom. The Kier molecular flexibility index (Phi) is 3.79. The molecule has 2 heterocycles. The molecule has 1 spiro atoms. The highest BCUT2D eigenvalue weighted by Crippen LogP contribution is 2.33. The Bertz CT molecular complexity index is 611. The lowest BCUT2D eigenvalue weighted by Gasteiger charge is -2.18. The van der Waals surface area contributed by atoms with E-state index in [-0.39, 0.29) is 18.2 Å². The van der Waals surface area contributed by atoms with E-state index in [2.05, 4.69) is 21.2 Å². The minimum Gasteiger partial charge on any atom is -0.322 e. The minimum atomic E-state index is -0.790. The highest BCUT2D eigenvalue weighted by molar-refractivity contribution is 9.10. The third kappa shape index (κ3) is 2.60. The predicted octanol–water partition coefficient (Wildman–Crippen LogP) is 2.06. The molecule has 2 aliphatic rings. The molecule has 21 heavy (non-hydrogen) atoms. The van der Waals surface area contributed by atoms with Gasteiger partial charge in [0, 0.05) is 15.8 Å². The number of ketones is 1. The molecule has 2 fully saturated rings. The van der Waals surface area contributed by atoms with Crippen LogP contribution in [-0.2, 0) is 4.79 Å². The van der Waals surface area contributed by atoms with Crippen molar-refractivity contribution in [3.05, 3.63) is 34.3 Å². The maximum absolute atomic E-state index is 12.4. The molecule has 2 aliphatic heterocycles. The quantitative estimate of drug-likeness (QED) is 0.654. The SMILES string of the molecule is O=C(CN1C(=O)NC2(CCSC2)C1=O)c1ccc(Br)cc1. The molecular formula is C14H13BrN2O3S. The molecule has 0 bridgehead atoms. The lowest BCUT2D eigenvalue weighted by atomic mass is 9.99. The van der Waals surface area contributed by atoms with Crippen LogP contribution in [-0.4, -0.2) is 46.2 Å². The standard InChI is InChI=1S/C14H13BrN2O3S/c15-10-3-1-9(2-4-10)11(18)7-17-12(19)14(16-13(17)20)5-6-21-8-14/h1-4H,5-8H2,(H,16,20). The second kappa shape index (κ2) is 5.46. The zero-order chi connectivity index (χ0) is 15.0. The fourth-order valence-electron chi connectivity index (χ4n) is 2.52. The van der Waals surface area contributed by atoms with Crippen LogP contribution in [0.4, 0.5) is 4.79 Å². The summed E-state index contributed by atoms with van der Waals surface area (Å²) in [5, 5.41) is 2.75. The van der Waals surface area contributed by atoms with Crippen LogP contribution in [0.3, 0.4) is 0 Å². The van der Waals surface area contributed by atoms with Crippen LogP contribution in [0, 0.1) is 0 Å². The van der Waals surface area contributed by atoms with E-state index in [1.807, 2.05) is 0 Å². The molecule has 2 saturated heterocycles. The lowest BCUT2D eigenvalue weighted by Crippen LogP contribution is -2.47. The van der Waals surface area contributed by atoms with Gasteiger partial charge in [0.25, 0.3) is 5.91 Å². The summed E-state index contributed by atoms with van der Waals surface area (Å²) in [6.07, 6.45) is 0.630. The van der Waals surface area contributed by atoms with E-state index in [0.29, 0.717) is 17.7 Å². The van der Waals surface area contributed by atoms with Crippen LogP contribution in [0.25, 0.3) is 0 Å². The first-order valence-electron chi connectivity index (χ1n) is 6.52. The molecule has 1 aromatic rings. The lowest BCUT2D eigenvalue weighted by molar-refractivity contribution is -0.130. The summed E-state index contributed by atoms with van der Waals surface area (Å²) in [6.45, 7) is -0.210. The summed E-state index contributed by atoms with van der Waals surface area (Å²) < 4.78 is 0.871. The van der Waals surface area contributed by atoms with E-state index in [0.717, 1.165) is 15.1 Å². The van der Waals surface area contributed by atoms with Crippen LogP contribution in [0.2, 0.25) is 0 Å². The molecule has 1 unspecified atom stereocenters. The Morgan fingerprint density at radius 3 is 2.67 bits per heavy atom. The van der Waals surface area contributed by atoms with Crippen LogP contribution in [0.1, 0.15) is 16.8 Å². The molecule has 0 aliphatic carbocycles. The number of hydrogen-bond acceptors (Lipinski definition) is 4. The molecule has 0 saturated carbocycles. The number of nitrogens with one attached hydrogen (secondary N) is 1. The number of carbonyl (C=O) groups excluding carboxylic acids is 3. The number of amides is 3. The van der Waals surface area contributed by atoms with Crippen molar-refractivity contribution in [2.75, 3.05) is 18.1 Å². The van der Waals surface area contributed by atoms with Gasteiger partial charge in [0.1, 0.15) is 5.54 Å². The van der Waals surface area contributed by atoms with Crippen molar-refractivity contribution < 1.29 is 14.4 Å². The third-order valence-electron chi connectivity index (χ3n) is 3.74. The summed E-state index contributed by atoms with van der Waals surface area (Å²) in [5.41, 5.74) is -0.303. The molecule has 1 aromatic carbocycles. The van der Waals surface area contributed by atoms with Crippen molar-refractivity contribution in [2.24, 2.45) is 0 Å². The zero-order valence-electron chi connectivity index (χ0n) is 11.1. The summed E-state index contributed by atoms with van der Waals surface area (Å²) in [6, 6.07) is 6.40. The van der Waals surface area contributed by atoms with E-state index in [4.69, 9.17) is 0 Å². The van der Waals surface area contributed by atoms with Crippen LogP contribution >= 0.6 is 27.7 Å². The molecular weight excluding hydrogens is 356 g/mol. The first kappa shape index (κ1) is 14.6. The fourth-order valence-corrected chi connectivity index (χ4v) is 4.11. The topological polar surface area (TPSA) is 66.5 Å². The predicted molar refractivity (Wildman–Crippen MR) is 83.4 cm³/mol. The molecule has 0 radical (unpaired) electrons. The number of carbonyl (C=O) groups is 3. The smallest absolute Gasteiger partial charge is 0.322 e. The molecule has 3 amide bonds. The Hall–Kier alpha value is -1.34. The van der Waals surface area contributed by atoms with E-state index < -0.39 is 11.6 Å². The van der Waals surface area contributed by atoms with Gasteiger partial charge in [-0.1, -0.05) is 28.1 Å². The number of nitrogens with zero attached hydrogens (tertiary/aromatic N) is 1. The van der Waals surface area contributed by atoms with Gasteiger partial charge in [-0.25, -0.2) is 4.79 Å². The third-order valence-corrected chi connectivity index (χ3v) is 5.45. The Morgan fingerprint density at radius 2 is 2.05 bits per heavy atom. The molecule has 3 rings (SSSR count). The van der Waals surface area contributed by atoms with Crippen LogP contribution < -0.4 is 5.32 Å². The first-order chi connectivity index (χ1) is 10.0. The van der Waals surface area contributed by atoms with Gasteiger partial charge in [0.05, 0.1) is 6.54 Å². The van der Waals surface area contributed by atoms with Gasteiger partial charge in [-0.15, -0.1) is 0 Å². The number of imide groups is 1.